The molecular weight excluding hydrogens is 168 g/mol. The minimum Gasteiger partial charge on any atom is -0.344 e. The van der Waals surface area contributed by atoms with Crippen molar-refractivity contribution in [2.75, 3.05) is 13.2 Å². The summed E-state index contributed by atoms with van der Waals surface area (Å²) in [5, 5.41) is 0. The zero-order valence-corrected chi connectivity index (χ0v) is 8.00. The summed E-state index contributed by atoms with van der Waals surface area (Å²) in [5.74, 6) is -0.463. The molecule has 1 aliphatic carbocycles. The van der Waals surface area contributed by atoms with Gasteiger partial charge in [-0.15, -0.1) is 0 Å². The Hall–Kier alpha value is -0.670. The summed E-state index contributed by atoms with van der Waals surface area (Å²) in [7, 11) is 0. The van der Waals surface area contributed by atoms with Gasteiger partial charge in [0.2, 0.25) is 0 Å². The van der Waals surface area contributed by atoms with Crippen molar-refractivity contribution in [1.82, 2.24) is 0 Å². The number of hydrogen-bond donors (Lipinski definition) is 0. The van der Waals surface area contributed by atoms with Crippen molar-refractivity contribution in [3.63, 3.8) is 0 Å². The maximum Gasteiger partial charge on any atom is 0.189 e. The molecule has 2 rings (SSSR count). The van der Waals surface area contributed by atoms with Crippen LogP contribution in [0.5, 0.6) is 0 Å². The molecule has 3 nitrogen and oxygen atoms in total. The second-order valence-corrected chi connectivity index (χ2v) is 4.27. The summed E-state index contributed by atoms with van der Waals surface area (Å²) in [6.07, 6.45) is 3.94. The van der Waals surface area contributed by atoms with Gasteiger partial charge in [0.1, 0.15) is 0 Å². The lowest BCUT2D eigenvalue weighted by Gasteiger charge is -2.35. The smallest absolute Gasteiger partial charge is 0.189 e. The molecule has 2 aliphatic rings. The maximum atomic E-state index is 11.5. The molecule has 13 heavy (non-hydrogen) atoms. The molecule has 0 aromatic rings. The molecule has 0 atom stereocenters. The summed E-state index contributed by atoms with van der Waals surface area (Å²) >= 11 is 0. The number of rotatable bonds is 0. The highest BCUT2D eigenvalue weighted by molar-refractivity contribution is 5.95. The average molecular weight is 182 g/mol. The SMILES string of the molecule is CC1(C)CC2(C=CC1=O)OCCO2. The van der Waals surface area contributed by atoms with E-state index in [1.54, 1.807) is 12.2 Å². The fraction of sp³-hybridized carbons (Fsp3) is 0.700. The van der Waals surface area contributed by atoms with E-state index in [1.807, 2.05) is 13.8 Å². The first kappa shape index (κ1) is 8.91. The van der Waals surface area contributed by atoms with E-state index >= 15 is 0 Å². The van der Waals surface area contributed by atoms with Crippen molar-refractivity contribution in [3.8, 4) is 0 Å². The zero-order valence-electron chi connectivity index (χ0n) is 8.00. The van der Waals surface area contributed by atoms with E-state index < -0.39 is 5.79 Å². The van der Waals surface area contributed by atoms with Crippen LogP contribution in [0.4, 0.5) is 0 Å². The molecule has 1 fully saturated rings. The second kappa shape index (κ2) is 2.66. The van der Waals surface area contributed by atoms with Gasteiger partial charge < -0.3 is 9.47 Å². The van der Waals surface area contributed by atoms with Crippen molar-refractivity contribution in [2.45, 2.75) is 26.1 Å². The van der Waals surface area contributed by atoms with Gasteiger partial charge in [0.25, 0.3) is 0 Å². The van der Waals surface area contributed by atoms with E-state index in [4.69, 9.17) is 9.47 Å². The molecule has 1 heterocycles. The quantitative estimate of drug-likeness (QED) is 0.566. The molecule has 1 spiro atoms. The van der Waals surface area contributed by atoms with E-state index in [2.05, 4.69) is 0 Å². The van der Waals surface area contributed by atoms with Gasteiger partial charge in [-0.3, -0.25) is 4.79 Å². The minimum absolute atomic E-state index is 0.150. The lowest BCUT2D eigenvalue weighted by molar-refractivity contribution is -0.155. The first-order valence-electron chi connectivity index (χ1n) is 4.56. The van der Waals surface area contributed by atoms with Crippen LogP contribution in [0.2, 0.25) is 0 Å². The Morgan fingerprint density at radius 2 is 1.92 bits per heavy atom. The first-order chi connectivity index (χ1) is 6.04. The topological polar surface area (TPSA) is 35.5 Å². The molecule has 0 amide bonds. The highest BCUT2D eigenvalue weighted by atomic mass is 16.7. The Bertz CT molecular complexity index is 259. The molecule has 1 saturated heterocycles. The molecule has 0 N–H and O–H groups in total. The van der Waals surface area contributed by atoms with Gasteiger partial charge in [-0.2, -0.15) is 0 Å². The van der Waals surface area contributed by atoms with E-state index in [0.717, 1.165) is 0 Å². The third-order valence-corrected chi connectivity index (χ3v) is 2.62. The van der Waals surface area contributed by atoms with Gasteiger partial charge in [0, 0.05) is 11.8 Å². The van der Waals surface area contributed by atoms with Gasteiger partial charge >= 0.3 is 0 Å². The Kier molecular flexibility index (Phi) is 1.82. The molecule has 3 heteroatoms. The van der Waals surface area contributed by atoms with Crippen LogP contribution in [-0.4, -0.2) is 24.8 Å². The molecule has 0 unspecified atom stereocenters. The van der Waals surface area contributed by atoms with Gasteiger partial charge in [-0.1, -0.05) is 13.8 Å². The zero-order chi connectivity index (χ0) is 9.53. The van der Waals surface area contributed by atoms with Crippen LogP contribution in [0.1, 0.15) is 20.3 Å². The summed E-state index contributed by atoms with van der Waals surface area (Å²) < 4.78 is 11.0. The van der Waals surface area contributed by atoms with Gasteiger partial charge in [0.15, 0.2) is 11.6 Å². The molecule has 0 radical (unpaired) electrons. The third kappa shape index (κ3) is 1.42. The number of allylic oxidation sites excluding steroid dienone is 1. The molecule has 72 valence electrons. The minimum atomic E-state index is -0.614. The van der Waals surface area contributed by atoms with Crippen LogP contribution in [0.15, 0.2) is 12.2 Å². The number of ketones is 1. The van der Waals surface area contributed by atoms with Crippen LogP contribution in [0, 0.1) is 5.41 Å². The van der Waals surface area contributed by atoms with Crippen molar-refractivity contribution in [1.29, 1.82) is 0 Å². The predicted octanol–water partition coefficient (Wildman–Crippen LogP) is 1.28. The number of carbonyl (C=O) groups is 1. The highest BCUT2D eigenvalue weighted by Crippen LogP contribution is 2.39. The standard InChI is InChI=1S/C10H14O3/c1-9(2)7-10(4-3-8(9)11)12-5-6-13-10/h3-4H,5-7H2,1-2H3. The van der Waals surface area contributed by atoms with Crippen LogP contribution in [0.3, 0.4) is 0 Å². The molecule has 0 aromatic carbocycles. The monoisotopic (exact) mass is 182 g/mol. The predicted molar refractivity (Wildman–Crippen MR) is 47.2 cm³/mol. The Morgan fingerprint density at radius 1 is 1.31 bits per heavy atom. The summed E-state index contributed by atoms with van der Waals surface area (Å²) in [6.45, 7) is 5.08. The fourth-order valence-corrected chi connectivity index (χ4v) is 1.86. The van der Waals surface area contributed by atoms with E-state index in [9.17, 15) is 4.79 Å². The van der Waals surface area contributed by atoms with E-state index in [0.29, 0.717) is 19.6 Å². The lowest BCUT2D eigenvalue weighted by atomic mass is 9.77. The summed E-state index contributed by atoms with van der Waals surface area (Å²) in [6, 6.07) is 0. The normalized spacial score (nSPS) is 29.8. The Balaban J connectivity index is 2.27. The molecule has 1 aliphatic heterocycles. The number of ether oxygens (including phenoxy) is 2. The Morgan fingerprint density at radius 3 is 2.46 bits per heavy atom. The van der Waals surface area contributed by atoms with E-state index in [1.165, 1.54) is 0 Å². The van der Waals surface area contributed by atoms with E-state index in [-0.39, 0.29) is 11.2 Å². The highest BCUT2D eigenvalue weighted by Gasteiger charge is 2.45. The summed E-state index contributed by atoms with van der Waals surface area (Å²) in [4.78, 5) is 11.5. The summed E-state index contributed by atoms with van der Waals surface area (Å²) in [5.41, 5.74) is -0.362. The molecule has 0 saturated carbocycles. The van der Waals surface area contributed by atoms with Crippen molar-refractivity contribution >= 4 is 5.78 Å². The largest absolute Gasteiger partial charge is 0.344 e. The number of carbonyl (C=O) groups excluding carboxylic acids is 1. The first-order valence-corrected chi connectivity index (χ1v) is 4.56. The third-order valence-electron chi connectivity index (χ3n) is 2.62. The lowest BCUT2D eigenvalue weighted by Crippen LogP contribution is -2.41. The van der Waals surface area contributed by atoms with Crippen LogP contribution >= 0.6 is 0 Å². The second-order valence-electron chi connectivity index (χ2n) is 4.27. The number of hydrogen-bond acceptors (Lipinski definition) is 3. The molecule has 0 bridgehead atoms. The van der Waals surface area contributed by atoms with Gasteiger partial charge in [0.05, 0.1) is 13.2 Å². The molecule has 0 aromatic heterocycles. The van der Waals surface area contributed by atoms with Crippen molar-refractivity contribution in [3.05, 3.63) is 12.2 Å². The molecular formula is C10H14O3. The van der Waals surface area contributed by atoms with Crippen LogP contribution < -0.4 is 0 Å². The van der Waals surface area contributed by atoms with Gasteiger partial charge in [-0.25, -0.2) is 0 Å². The maximum absolute atomic E-state index is 11.5. The Labute approximate surface area is 77.7 Å². The fourth-order valence-electron chi connectivity index (χ4n) is 1.86. The van der Waals surface area contributed by atoms with Crippen LogP contribution in [0.25, 0.3) is 0 Å². The van der Waals surface area contributed by atoms with Gasteiger partial charge in [-0.05, 0) is 12.2 Å². The van der Waals surface area contributed by atoms with Crippen molar-refractivity contribution < 1.29 is 14.3 Å². The van der Waals surface area contributed by atoms with Crippen molar-refractivity contribution in [2.24, 2.45) is 5.41 Å². The average Bonchev–Trinajstić information content (AvgIpc) is 2.46. The van der Waals surface area contributed by atoms with Crippen LogP contribution in [-0.2, 0) is 14.3 Å².